The van der Waals surface area contributed by atoms with Crippen LogP contribution < -0.4 is 15.0 Å². The van der Waals surface area contributed by atoms with E-state index >= 15 is 0 Å². The molecule has 0 saturated carbocycles. The number of nitrogens with zero attached hydrogens (tertiary/aromatic N) is 3. The first kappa shape index (κ1) is 19.4. The van der Waals surface area contributed by atoms with Gasteiger partial charge in [-0.3, -0.25) is 4.79 Å². The summed E-state index contributed by atoms with van der Waals surface area (Å²) in [5.74, 6) is 1.34. The average molecular weight is 406 g/mol. The molecule has 3 aromatic rings. The Morgan fingerprint density at radius 1 is 1.33 bits per heavy atom. The van der Waals surface area contributed by atoms with Crippen LogP contribution in [-0.2, 0) is 0 Å². The summed E-state index contributed by atoms with van der Waals surface area (Å²) in [6, 6.07) is 7.04. The number of hydrogen-bond acceptors (Lipinski definition) is 6. The molecular formula is C19H20ClN3O3S. The number of aryl methyl sites for hydroxylation is 1. The van der Waals surface area contributed by atoms with Gasteiger partial charge in [-0.15, -0.1) is 0 Å². The highest BCUT2D eigenvalue weighted by Gasteiger charge is 2.11. The van der Waals surface area contributed by atoms with Crippen LogP contribution >= 0.6 is 22.9 Å². The zero-order valence-corrected chi connectivity index (χ0v) is 16.9. The maximum atomic E-state index is 12.0. The summed E-state index contributed by atoms with van der Waals surface area (Å²) >= 11 is 7.72. The predicted octanol–water partition coefficient (Wildman–Crippen LogP) is 4.38. The fraction of sp³-hybridized carbons (Fsp3) is 0.316. The normalized spacial score (nSPS) is 11.8. The minimum atomic E-state index is -0.222. The van der Waals surface area contributed by atoms with Gasteiger partial charge in [0, 0.05) is 11.8 Å². The number of ether oxygens (including phenoxy) is 2. The lowest BCUT2D eigenvalue weighted by molar-refractivity contribution is 0.288. The van der Waals surface area contributed by atoms with E-state index in [0.717, 1.165) is 18.4 Å². The van der Waals surface area contributed by atoms with Crippen molar-refractivity contribution < 1.29 is 9.47 Å². The number of fused-ring (bicyclic) bond motifs is 1. The van der Waals surface area contributed by atoms with Crippen molar-refractivity contribution in [2.24, 2.45) is 0 Å². The van der Waals surface area contributed by atoms with Crippen molar-refractivity contribution in [3.8, 4) is 11.5 Å². The van der Waals surface area contributed by atoms with Gasteiger partial charge in [0.25, 0.3) is 5.56 Å². The molecule has 3 rings (SSSR count). The molecule has 2 heterocycles. The van der Waals surface area contributed by atoms with Crippen LogP contribution in [0.5, 0.6) is 11.5 Å². The van der Waals surface area contributed by atoms with Gasteiger partial charge in [-0.1, -0.05) is 42.3 Å². The van der Waals surface area contributed by atoms with Crippen molar-refractivity contribution in [1.29, 1.82) is 0 Å². The lowest BCUT2D eigenvalue weighted by Crippen LogP contribution is -2.14. The highest BCUT2D eigenvalue weighted by atomic mass is 35.5. The molecule has 0 spiro atoms. The Balaban J connectivity index is 1.92. The third kappa shape index (κ3) is 4.48. The summed E-state index contributed by atoms with van der Waals surface area (Å²) in [7, 11) is 1.61. The van der Waals surface area contributed by atoms with Crippen LogP contribution in [-0.4, -0.2) is 28.3 Å². The van der Waals surface area contributed by atoms with Crippen LogP contribution in [0.25, 0.3) is 16.1 Å². The van der Waals surface area contributed by atoms with Gasteiger partial charge in [-0.2, -0.15) is 9.61 Å². The Hall–Kier alpha value is -2.38. The van der Waals surface area contributed by atoms with Crippen molar-refractivity contribution in [1.82, 2.24) is 14.6 Å². The largest absolute Gasteiger partial charge is 0.493 e. The molecular weight excluding hydrogens is 386 g/mol. The average Bonchev–Trinajstić information content (AvgIpc) is 3.07. The smallest absolute Gasteiger partial charge is 0.275 e. The molecule has 0 fully saturated rings. The lowest BCUT2D eigenvalue weighted by Gasteiger charge is -2.11. The molecule has 0 unspecified atom stereocenters. The predicted molar refractivity (Wildman–Crippen MR) is 109 cm³/mol. The van der Waals surface area contributed by atoms with Gasteiger partial charge < -0.3 is 9.47 Å². The van der Waals surface area contributed by atoms with Crippen molar-refractivity contribution in [3.63, 3.8) is 0 Å². The second-order valence-electron chi connectivity index (χ2n) is 5.94. The summed E-state index contributed by atoms with van der Waals surface area (Å²) in [4.78, 5) is 16.8. The Morgan fingerprint density at radius 2 is 2.15 bits per heavy atom. The highest BCUT2D eigenvalue weighted by molar-refractivity contribution is 7.18. The van der Waals surface area contributed by atoms with Crippen molar-refractivity contribution in [3.05, 3.63) is 50.9 Å². The first-order valence-corrected chi connectivity index (χ1v) is 9.77. The zero-order valence-electron chi connectivity index (χ0n) is 15.4. The van der Waals surface area contributed by atoms with E-state index in [-0.39, 0.29) is 5.56 Å². The third-order valence-electron chi connectivity index (χ3n) is 3.81. The quantitative estimate of drug-likeness (QED) is 0.545. The molecule has 0 radical (unpaired) electrons. The zero-order chi connectivity index (χ0) is 19.4. The summed E-state index contributed by atoms with van der Waals surface area (Å²) in [6.07, 6.45) is 3.80. The van der Waals surface area contributed by atoms with E-state index in [1.165, 1.54) is 21.9 Å². The van der Waals surface area contributed by atoms with Gasteiger partial charge >= 0.3 is 0 Å². The van der Waals surface area contributed by atoms with Gasteiger partial charge in [0.2, 0.25) is 4.96 Å². The summed E-state index contributed by atoms with van der Waals surface area (Å²) in [5.41, 5.74) is 1.28. The van der Waals surface area contributed by atoms with Gasteiger partial charge in [0.15, 0.2) is 16.5 Å². The van der Waals surface area contributed by atoms with Crippen molar-refractivity contribution in [2.45, 2.75) is 26.7 Å². The molecule has 0 saturated heterocycles. The molecule has 8 heteroatoms. The highest BCUT2D eigenvalue weighted by Crippen LogP contribution is 2.31. The molecule has 0 bridgehead atoms. The van der Waals surface area contributed by atoms with Crippen LogP contribution in [0.1, 0.15) is 36.0 Å². The Bertz CT molecular complexity index is 1040. The number of methoxy groups -OCH3 is 1. The Kier molecular flexibility index (Phi) is 6.13. The second kappa shape index (κ2) is 8.54. The number of benzene rings is 1. The molecule has 0 aliphatic carbocycles. The van der Waals surface area contributed by atoms with E-state index in [4.69, 9.17) is 21.1 Å². The summed E-state index contributed by atoms with van der Waals surface area (Å²) < 4.78 is 12.4. The SMILES string of the molecule is CCCCOc1cc(/C=C(\Cl)c2nn3c(=O)cc(C)nc3s2)ccc1OC. The Morgan fingerprint density at radius 3 is 2.89 bits per heavy atom. The van der Waals surface area contributed by atoms with Gasteiger partial charge in [-0.05, 0) is 37.1 Å². The molecule has 0 amide bonds. The minimum Gasteiger partial charge on any atom is -0.493 e. The fourth-order valence-corrected chi connectivity index (χ4v) is 3.59. The molecule has 1 aromatic carbocycles. The lowest BCUT2D eigenvalue weighted by atomic mass is 10.2. The molecule has 0 aliphatic heterocycles. The second-order valence-corrected chi connectivity index (χ2v) is 7.31. The van der Waals surface area contributed by atoms with Crippen LogP contribution in [0.2, 0.25) is 0 Å². The summed E-state index contributed by atoms with van der Waals surface area (Å²) in [6.45, 7) is 4.51. The van der Waals surface area contributed by atoms with Crippen LogP contribution in [0.4, 0.5) is 0 Å². The molecule has 142 valence electrons. The molecule has 6 nitrogen and oxygen atoms in total. The third-order valence-corrected chi connectivity index (χ3v) is 5.16. The van der Waals surface area contributed by atoms with Gasteiger partial charge in [0.05, 0.1) is 18.7 Å². The summed E-state index contributed by atoms with van der Waals surface area (Å²) in [5, 5.41) is 5.22. The van der Waals surface area contributed by atoms with Crippen molar-refractivity contribution >= 4 is 39.0 Å². The van der Waals surface area contributed by atoms with E-state index < -0.39 is 0 Å². The van der Waals surface area contributed by atoms with Crippen LogP contribution in [0.15, 0.2) is 29.1 Å². The van der Waals surface area contributed by atoms with Gasteiger partial charge in [-0.25, -0.2) is 4.98 Å². The molecule has 0 aliphatic rings. The maximum Gasteiger partial charge on any atom is 0.275 e. The standard InChI is InChI=1S/C19H20ClN3O3S/c1-4-5-8-26-16-11-13(6-7-15(16)25-3)10-14(20)18-22-23-17(24)9-12(2)21-19(23)27-18/h6-7,9-11H,4-5,8H2,1-3H3/b14-10-. The first-order chi connectivity index (χ1) is 13.0. The number of halogens is 1. The minimum absolute atomic E-state index is 0.222. The van der Waals surface area contributed by atoms with E-state index in [1.54, 1.807) is 20.1 Å². The van der Waals surface area contributed by atoms with E-state index in [9.17, 15) is 4.79 Å². The Labute approximate surface area is 166 Å². The van der Waals surface area contributed by atoms with Crippen LogP contribution in [0.3, 0.4) is 0 Å². The monoisotopic (exact) mass is 405 g/mol. The molecule has 0 N–H and O–H groups in total. The number of rotatable bonds is 7. The number of aromatic nitrogens is 3. The van der Waals surface area contributed by atoms with E-state index in [0.29, 0.717) is 38.8 Å². The molecule has 2 aromatic heterocycles. The molecule has 0 atom stereocenters. The van der Waals surface area contributed by atoms with Crippen LogP contribution in [0, 0.1) is 6.92 Å². The number of unbranched alkanes of at least 4 members (excludes halogenated alkanes) is 1. The molecule has 27 heavy (non-hydrogen) atoms. The topological polar surface area (TPSA) is 65.7 Å². The number of hydrogen-bond donors (Lipinski definition) is 0. The maximum absolute atomic E-state index is 12.0. The van der Waals surface area contributed by atoms with Gasteiger partial charge in [0.1, 0.15) is 0 Å². The fourth-order valence-electron chi connectivity index (χ4n) is 2.45. The van der Waals surface area contributed by atoms with Crippen molar-refractivity contribution in [2.75, 3.05) is 13.7 Å². The first-order valence-electron chi connectivity index (χ1n) is 8.57. The van der Waals surface area contributed by atoms with E-state index in [2.05, 4.69) is 17.0 Å². The van der Waals surface area contributed by atoms with E-state index in [1.807, 2.05) is 18.2 Å².